The Morgan fingerprint density at radius 2 is 1.77 bits per heavy atom. The summed E-state index contributed by atoms with van der Waals surface area (Å²) in [5.74, 6) is -3.60. The lowest BCUT2D eigenvalue weighted by atomic mass is 9.98. The Bertz CT molecular complexity index is 1590. The van der Waals surface area contributed by atoms with E-state index in [4.69, 9.17) is 14.6 Å². The van der Waals surface area contributed by atoms with Crippen molar-refractivity contribution in [1.29, 1.82) is 0 Å². The number of hydrogen-bond acceptors (Lipinski definition) is 8. The maximum absolute atomic E-state index is 13.6. The summed E-state index contributed by atoms with van der Waals surface area (Å²) in [6.45, 7) is 5.85. The molecule has 1 saturated carbocycles. The number of nitrogens with zero attached hydrogens (tertiary/aromatic N) is 3. The Morgan fingerprint density at radius 3 is 2.34 bits per heavy atom. The number of morpholine rings is 1. The number of hydrogen-bond donors (Lipinski definition) is 2. The molecule has 3 unspecified atom stereocenters. The van der Waals surface area contributed by atoms with Crippen LogP contribution in [0.25, 0.3) is 21.3 Å². The lowest BCUT2D eigenvalue weighted by Crippen LogP contribution is -2.39. The van der Waals surface area contributed by atoms with Gasteiger partial charge in [-0.15, -0.1) is 11.3 Å². The number of nitrogens with one attached hydrogen (secondary N) is 1. The molecular weight excluding hydrogens is 618 g/mol. The fourth-order valence-corrected chi connectivity index (χ4v) is 6.73. The second kappa shape index (κ2) is 11.4. The van der Waals surface area contributed by atoms with Crippen LogP contribution in [-0.4, -0.2) is 69.7 Å². The summed E-state index contributed by atoms with van der Waals surface area (Å²) in [7, 11) is 0. The number of fused-ring (bicyclic) bond motifs is 2. The van der Waals surface area contributed by atoms with Crippen LogP contribution in [0, 0.1) is 17.3 Å². The first kappa shape index (κ1) is 31.8. The van der Waals surface area contributed by atoms with Crippen molar-refractivity contribution in [3.63, 3.8) is 0 Å². The van der Waals surface area contributed by atoms with Gasteiger partial charge in [-0.3, -0.25) is 24.5 Å². The van der Waals surface area contributed by atoms with Gasteiger partial charge in [0.2, 0.25) is 11.8 Å². The topological polar surface area (TPSA) is 122 Å². The minimum absolute atomic E-state index is 0.135. The fourth-order valence-electron chi connectivity index (χ4n) is 5.60. The largest absolute Gasteiger partial charge is 0.490 e. The highest BCUT2D eigenvalue weighted by atomic mass is 32.1. The van der Waals surface area contributed by atoms with Crippen LogP contribution >= 0.6 is 11.3 Å². The van der Waals surface area contributed by atoms with Gasteiger partial charge in [-0.1, -0.05) is 13.8 Å². The standard InChI is InChI=1S/C26H25F3N4O3S.C2HF3O2/c1-25(2)20-21(25)24(35)33(23(20)34)12-15-9-19-22(37-15)16(3-4-31-19)17-7-13(26(27,28)29)10-32-18(17)8-14-11-30-5-6-36-14;3-2(4,5)1(6)7/h3-4,7,9-10,14,20-21,30H,5-6,8,11-12H2,1-2H3;(H,6,7). The Hall–Kier alpha value is -3.63. The molecule has 6 rings (SSSR count). The van der Waals surface area contributed by atoms with E-state index in [9.17, 15) is 35.9 Å². The fraction of sp³-hybridized carbons (Fsp3) is 0.464. The van der Waals surface area contributed by atoms with Crippen LogP contribution in [0.1, 0.15) is 30.0 Å². The summed E-state index contributed by atoms with van der Waals surface area (Å²) >= 11 is 1.33. The number of alkyl halides is 6. The van der Waals surface area contributed by atoms with Crippen molar-refractivity contribution < 1.29 is 50.6 Å². The van der Waals surface area contributed by atoms with Gasteiger partial charge in [-0.05, 0) is 23.6 Å². The number of piperidine rings is 1. The molecule has 0 bridgehead atoms. The van der Waals surface area contributed by atoms with Gasteiger partial charge in [-0.2, -0.15) is 26.3 Å². The third-order valence-corrected chi connectivity index (χ3v) is 9.07. The molecule has 2 amide bonds. The van der Waals surface area contributed by atoms with Crippen LogP contribution in [0.2, 0.25) is 0 Å². The van der Waals surface area contributed by atoms with E-state index in [1.165, 1.54) is 16.2 Å². The molecule has 16 heteroatoms. The highest BCUT2D eigenvalue weighted by molar-refractivity contribution is 7.19. The molecule has 2 N–H and O–H groups in total. The van der Waals surface area contributed by atoms with E-state index < -0.39 is 23.9 Å². The molecule has 44 heavy (non-hydrogen) atoms. The van der Waals surface area contributed by atoms with Gasteiger partial charge in [0, 0.05) is 47.9 Å². The zero-order valence-corrected chi connectivity index (χ0v) is 24.1. The average Bonchev–Trinajstić information content (AvgIpc) is 3.18. The van der Waals surface area contributed by atoms with Gasteiger partial charge in [0.05, 0.1) is 52.6 Å². The van der Waals surface area contributed by atoms with E-state index in [0.29, 0.717) is 46.6 Å². The van der Waals surface area contributed by atoms with Gasteiger partial charge in [0.15, 0.2) is 0 Å². The van der Waals surface area contributed by atoms with Crippen molar-refractivity contribution in [2.45, 2.75) is 45.3 Å². The summed E-state index contributed by atoms with van der Waals surface area (Å²) in [5, 5.41) is 10.4. The third kappa shape index (κ3) is 6.15. The second-order valence-electron chi connectivity index (χ2n) is 11.2. The number of pyridine rings is 2. The van der Waals surface area contributed by atoms with Gasteiger partial charge >= 0.3 is 18.3 Å². The lowest BCUT2D eigenvalue weighted by molar-refractivity contribution is -0.192. The molecule has 1 aliphatic carbocycles. The smallest absolute Gasteiger partial charge is 0.475 e. The number of thiophene rings is 1. The summed E-state index contributed by atoms with van der Waals surface area (Å²) in [6, 6.07) is 4.62. The zero-order chi connectivity index (χ0) is 32.2. The maximum atomic E-state index is 13.6. The first-order valence-electron chi connectivity index (χ1n) is 13.4. The van der Waals surface area contributed by atoms with Gasteiger partial charge < -0.3 is 15.2 Å². The maximum Gasteiger partial charge on any atom is 0.490 e. The van der Waals surface area contributed by atoms with E-state index in [0.717, 1.165) is 23.7 Å². The van der Waals surface area contributed by atoms with E-state index in [1.807, 2.05) is 13.8 Å². The highest BCUT2D eigenvalue weighted by Gasteiger charge is 2.72. The monoisotopic (exact) mass is 644 g/mol. The average molecular weight is 645 g/mol. The molecule has 3 fully saturated rings. The number of amides is 2. The number of ether oxygens (including phenoxy) is 1. The number of carboxylic acid groups (broad SMARTS) is 1. The number of aromatic nitrogens is 2. The van der Waals surface area contributed by atoms with Crippen LogP contribution in [-0.2, 0) is 38.3 Å². The normalized spacial score (nSPS) is 22.9. The second-order valence-corrected chi connectivity index (χ2v) is 12.4. The molecule has 3 aromatic heterocycles. The van der Waals surface area contributed by atoms with Crippen molar-refractivity contribution in [2.75, 3.05) is 19.7 Å². The van der Waals surface area contributed by atoms with Crippen molar-refractivity contribution in [2.24, 2.45) is 17.3 Å². The van der Waals surface area contributed by atoms with Crippen molar-refractivity contribution >= 4 is 39.3 Å². The van der Waals surface area contributed by atoms with Crippen LogP contribution in [0.5, 0.6) is 0 Å². The minimum Gasteiger partial charge on any atom is -0.475 e. The third-order valence-electron chi connectivity index (χ3n) is 7.92. The number of carbonyl (C=O) groups excluding carboxylic acids is 2. The molecule has 9 nitrogen and oxygen atoms in total. The van der Waals surface area contributed by atoms with E-state index in [-0.39, 0.29) is 41.7 Å². The Morgan fingerprint density at radius 1 is 1.11 bits per heavy atom. The molecule has 0 aromatic carbocycles. The number of rotatable bonds is 5. The van der Waals surface area contributed by atoms with Crippen LogP contribution in [0.15, 0.2) is 30.6 Å². The van der Waals surface area contributed by atoms with E-state index in [1.54, 1.807) is 18.3 Å². The molecule has 3 atom stereocenters. The quantitative estimate of drug-likeness (QED) is 0.304. The SMILES string of the molecule is CC1(C)C2C(=O)N(Cc3cc4nccc(-c5cc(C(F)(F)F)cnc5CC5CNCCO5)c4s3)C(=O)C21.O=C(O)C(F)(F)F. The first-order valence-corrected chi connectivity index (χ1v) is 14.2. The van der Waals surface area contributed by atoms with Crippen molar-refractivity contribution in [1.82, 2.24) is 20.2 Å². The first-order chi connectivity index (χ1) is 20.5. The molecular formula is C28H26F6N4O5S. The summed E-state index contributed by atoms with van der Waals surface area (Å²) in [6.07, 6.45) is -7.04. The molecule has 5 heterocycles. The Kier molecular flexibility index (Phi) is 8.22. The zero-order valence-electron chi connectivity index (χ0n) is 23.3. The number of carboxylic acids is 1. The number of imide groups is 1. The van der Waals surface area contributed by atoms with Crippen LogP contribution < -0.4 is 5.32 Å². The number of carbonyl (C=O) groups is 3. The predicted molar refractivity (Wildman–Crippen MR) is 144 cm³/mol. The van der Waals surface area contributed by atoms with E-state index >= 15 is 0 Å². The molecule has 3 aromatic rings. The van der Waals surface area contributed by atoms with Crippen LogP contribution in [0.3, 0.4) is 0 Å². The highest BCUT2D eigenvalue weighted by Crippen LogP contribution is 2.63. The van der Waals surface area contributed by atoms with E-state index in [2.05, 4.69) is 15.3 Å². The number of likely N-dealkylation sites (tertiary alicyclic amines) is 1. The number of aliphatic carboxylic acids is 1. The van der Waals surface area contributed by atoms with Gasteiger partial charge in [-0.25, -0.2) is 4.79 Å². The molecule has 2 aliphatic heterocycles. The van der Waals surface area contributed by atoms with Crippen molar-refractivity contribution in [3.05, 3.63) is 46.7 Å². The predicted octanol–water partition coefficient (Wildman–Crippen LogP) is 4.68. The molecule has 2 saturated heterocycles. The summed E-state index contributed by atoms with van der Waals surface area (Å²) in [4.78, 5) is 45.2. The Balaban J connectivity index is 0.000000493. The molecule has 3 aliphatic rings. The number of halogens is 6. The molecule has 0 spiro atoms. The summed E-state index contributed by atoms with van der Waals surface area (Å²) < 4.78 is 79.1. The van der Waals surface area contributed by atoms with Gasteiger partial charge in [0.25, 0.3) is 0 Å². The Labute approximate surface area is 250 Å². The van der Waals surface area contributed by atoms with Crippen molar-refractivity contribution in [3.8, 4) is 11.1 Å². The lowest BCUT2D eigenvalue weighted by Gasteiger charge is -2.24. The van der Waals surface area contributed by atoms with Gasteiger partial charge in [0.1, 0.15) is 0 Å². The molecule has 0 radical (unpaired) electrons. The molecule has 236 valence electrons. The summed E-state index contributed by atoms with van der Waals surface area (Å²) in [5.41, 5.74) is 0.954. The minimum atomic E-state index is -5.08. The van der Waals surface area contributed by atoms with Crippen LogP contribution in [0.4, 0.5) is 26.3 Å².